The number of nitrogens with zero attached hydrogens (tertiary/aromatic N) is 4. The minimum atomic E-state index is 0.652. The fraction of sp³-hybridized carbons (Fsp3) is 0.286. The smallest absolute Gasteiger partial charge is 0.129 e. The van der Waals surface area contributed by atoms with Gasteiger partial charge in [-0.1, -0.05) is 6.07 Å². The number of hydrogen-bond donors (Lipinski definition) is 1. The summed E-state index contributed by atoms with van der Waals surface area (Å²) < 4.78 is 3.95. The molecule has 5 nitrogen and oxygen atoms in total. The molecule has 3 aromatic rings. The number of fused-ring (bicyclic) bond motifs is 1. The van der Waals surface area contributed by atoms with Gasteiger partial charge in [0.1, 0.15) is 5.82 Å². The highest BCUT2D eigenvalue weighted by Gasteiger charge is 2.24. The number of anilines is 1. The largest absolute Gasteiger partial charge is 0.383 e. The zero-order valence-corrected chi connectivity index (χ0v) is 10.7. The van der Waals surface area contributed by atoms with Crippen LogP contribution in [0.2, 0.25) is 0 Å². The lowest BCUT2D eigenvalue weighted by molar-refractivity contribution is 0.766. The first-order chi connectivity index (χ1) is 9.24. The van der Waals surface area contributed by atoms with Crippen molar-refractivity contribution in [3.05, 3.63) is 30.7 Å². The number of benzene rings is 1. The van der Waals surface area contributed by atoms with E-state index in [0.717, 1.165) is 16.6 Å². The second-order valence-corrected chi connectivity index (χ2v) is 5.15. The predicted molar refractivity (Wildman–Crippen MR) is 74.6 cm³/mol. The standard InChI is InChI=1S/C14H15N5/c1-18-14(15)11(7-17-18)9-2-5-13-12(6-9)16-8-19(13)10-3-4-10/h2,5-8,10H,3-4,15H2,1H3. The third-order valence-corrected chi connectivity index (χ3v) is 3.81. The molecule has 4 rings (SSSR count). The van der Waals surface area contributed by atoms with Gasteiger partial charge in [-0.2, -0.15) is 5.10 Å². The molecular weight excluding hydrogens is 238 g/mol. The Morgan fingerprint density at radius 1 is 1.32 bits per heavy atom. The van der Waals surface area contributed by atoms with Crippen LogP contribution in [0.4, 0.5) is 5.82 Å². The van der Waals surface area contributed by atoms with Gasteiger partial charge in [-0.3, -0.25) is 4.68 Å². The molecular formula is C14H15N5. The summed E-state index contributed by atoms with van der Waals surface area (Å²) in [6, 6.07) is 6.96. The fourth-order valence-corrected chi connectivity index (χ4v) is 2.51. The number of rotatable bonds is 2. The molecule has 2 heterocycles. The van der Waals surface area contributed by atoms with Gasteiger partial charge in [-0.15, -0.1) is 0 Å². The maximum absolute atomic E-state index is 6.02. The summed E-state index contributed by atoms with van der Waals surface area (Å²) in [5.74, 6) is 0.681. The number of aryl methyl sites for hydroxylation is 1. The van der Waals surface area contributed by atoms with E-state index in [1.165, 1.54) is 18.4 Å². The summed E-state index contributed by atoms with van der Waals surface area (Å²) in [7, 11) is 1.85. The Morgan fingerprint density at radius 3 is 2.84 bits per heavy atom. The molecule has 0 aliphatic heterocycles. The van der Waals surface area contributed by atoms with Gasteiger partial charge in [0.25, 0.3) is 0 Å². The SMILES string of the molecule is Cn1ncc(-c2ccc3c(c2)ncn3C2CC2)c1N. The van der Waals surface area contributed by atoms with Gasteiger partial charge in [-0.25, -0.2) is 4.98 Å². The van der Waals surface area contributed by atoms with Crippen LogP contribution in [0.1, 0.15) is 18.9 Å². The Hall–Kier alpha value is -2.30. The van der Waals surface area contributed by atoms with Crippen LogP contribution in [0, 0.1) is 0 Å². The molecule has 0 radical (unpaired) electrons. The maximum atomic E-state index is 6.02. The lowest BCUT2D eigenvalue weighted by Crippen LogP contribution is -1.98. The van der Waals surface area contributed by atoms with Crippen molar-refractivity contribution >= 4 is 16.9 Å². The second-order valence-electron chi connectivity index (χ2n) is 5.15. The average Bonchev–Trinajstić information content (AvgIpc) is 3.09. The van der Waals surface area contributed by atoms with Gasteiger partial charge in [0.15, 0.2) is 0 Å². The van der Waals surface area contributed by atoms with E-state index < -0.39 is 0 Å². The summed E-state index contributed by atoms with van der Waals surface area (Å²) in [6.45, 7) is 0. The molecule has 1 aliphatic carbocycles. The normalized spacial score (nSPS) is 15.2. The van der Waals surface area contributed by atoms with Gasteiger partial charge in [0, 0.05) is 18.7 Å². The van der Waals surface area contributed by atoms with Gasteiger partial charge >= 0.3 is 0 Å². The molecule has 0 bridgehead atoms. The van der Waals surface area contributed by atoms with Crippen LogP contribution in [-0.4, -0.2) is 19.3 Å². The van der Waals surface area contributed by atoms with E-state index >= 15 is 0 Å². The zero-order valence-electron chi connectivity index (χ0n) is 10.7. The van der Waals surface area contributed by atoms with Crippen LogP contribution in [0.25, 0.3) is 22.2 Å². The quantitative estimate of drug-likeness (QED) is 0.762. The summed E-state index contributed by atoms with van der Waals surface area (Å²) in [4.78, 5) is 4.50. The molecule has 0 spiro atoms. The molecule has 0 amide bonds. The molecule has 1 fully saturated rings. The third kappa shape index (κ3) is 1.54. The number of hydrogen-bond acceptors (Lipinski definition) is 3. The number of imidazole rings is 1. The number of nitrogen functional groups attached to an aromatic ring is 1. The number of aromatic nitrogens is 4. The van der Waals surface area contributed by atoms with E-state index in [2.05, 4.69) is 32.8 Å². The van der Waals surface area contributed by atoms with E-state index in [9.17, 15) is 0 Å². The van der Waals surface area contributed by atoms with Gasteiger partial charge in [0.05, 0.1) is 23.6 Å². The van der Waals surface area contributed by atoms with Crippen molar-refractivity contribution in [1.29, 1.82) is 0 Å². The summed E-state index contributed by atoms with van der Waals surface area (Å²) in [6.07, 6.45) is 6.28. The Kier molecular flexibility index (Phi) is 2.01. The minimum Gasteiger partial charge on any atom is -0.383 e. The first-order valence-electron chi connectivity index (χ1n) is 6.48. The highest BCUT2D eigenvalue weighted by atomic mass is 15.3. The highest BCUT2D eigenvalue weighted by molar-refractivity contribution is 5.84. The van der Waals surface area contributed by atoms with Crippen molar-refractivity contribution in [2.24, 2.45) is 7.05 Å². The van der Waals surface area contributed by atoms with Crippen LogP contribution in [0.3, 0.4) is 0 Å². The van der Waals surface area contributed by atoms with Crippen LogP contribution in [0.5, 0.6) is 0 Å². The van der Waals surface area contributed by atoms with Crippen LogP contribution >= 0.6 is 0 Å². The maximum Gasteiger partial charge on any atom is 0.129 e. The molecule has 1 aliphatic rings. The first kappa shape index (κ1) is 10.6. The predicted octanol–water partition coefficient (Wildman–Crippen LogP) is 2.35. The molecule has 2 N–H and O–H groups in total. The van der Waals surface area contributed by atoms with Crippen molar-refractivity contribution in [2.45, 2.75) is 18.9 Å². The average molecular weight is 253 g/mol. The van der Waals surface area contributed by atoms with Crippen molar-refractivity contribution in [1.82, 2.24) is 19.3 Å². The van der Waals surface area contributed by atoms with Crippen molar-refractivity contribution < 1.29 is 0 Å². The van der Waals surface area contributed by atoms with E-state index in [4.69, 9.17) is 5.73 Å². The Balaban J connectivity index is 1.86. The van der Waals surface area contributed by atoms with E-state index in [1.807, 2.05) is 13.4 Å². The Bertz CT molecular complexity index is 763. The van der Waals surface area contributed by atoms with Gasteiger partial charge < -0.3 is 10.3 Å². The molecule has 0 saturated heterocycles. The van der Waals surface area contributed by atoms with E-state index in [-0.39, 0.29) is 0 Å². The number of nitrogens with two attached hydrogens (primary N) is 1. The highest BCUT2D eigenvalue weighted by Crippen LogP contribution is 2.37. The van der Waals surface area contributed by atoms with Crippen molar-refractivity contribution in [2.75, 3.05) is 5.73 Å². The summed E-state index contributed by atoms with van der Waals surface area (Å²) in [5.41, 5.74) is 10.3. The molecule has 0 unspecified atom stereocenters. The van der Waals surface area contributed by atoms with E-state index in [0.29, 0.717) is 11.9 Å². The topological polar surface area (TPSA) is 61.7 Å². The van der Waals surface area contributed by atoms with Crippen molar-refractivity contribution in [3.8, 4) is 11.1 Å². The van der Waals surface area contributed by atoms with Crippen molar-refractivity contribution in [3.63, 3.8) is 0 Å². The van der Waals surface area contributed by atoms with Gasteiger partial charge in [0.2, 0.25) is 0 Å². The minimum absolute atomic E-state index is 0.652. The van der Waals surface area contributed by atoms with Crippen LogP contribution < -0.4 is 5.73 Å². The fourth-order valence-electron chi connectivity index (χ4n) is 2.51. The third-order valence-electron chi connectivity index (χ3n) is 3.81. The Labute approximate surface area is 110 Å². The molecule has 19 heavy (non-hydrogen) atoms. The monoisotopic (exact) mass is 253 g/mol. The molecule has 1 aromatic carbocycles. The lowest BCUT2D eigenvalue weighted by Gasteiger charge is -2.03. The van der Waals surface area contributed by atoms with E-state index in [1.54, 1.807) is 10.9 Å². The second kappa shape index (κ2) is 3.60. The van der Waals surface area contributed by atoms with Crippen LogP contribution in [-0.2, 0) is 7.05 Å². The lowest BCUT2D eigenvalue weighted by atomic mass is 10.1. The molecule has 1 saturated carbocycles. The molecule has 96 valence electrons. The molecule has 0 atom stereocenters. The summed E-state index contributed by atoms with van der Waals surface area (Å²) >= 11 is 0. The molecule has 5 heteroatoms. The zero-order chi connectivity index (χ0) is 13.0. The summed E-state index contributed by atoms with van der Waals surface area (Å²) in [5, 5.41) is 4.18. The Morgan fingerprint density at radius 2 is 2.16 bits per heavy atom. The first-order valence-corrected chi connectivity index (χ1v) is 6.48. The van der Waals surface area contributed by atoms with Gasteiger partial charge in [-0.05, 0) is 30.5 Å². The van der Waals surface area contributed by atoms with Crippen LogP contribution in [0.15, 0.2) is 30.7 Å². The molecule has 2 aromatic heterocycles.